The first-order valence-corrected chi connectivity index (χ1v) is 7.63. The molecule has 4 heteroatoms. The van der Waals surface area contributed by atoms with Gasteiger partial charge in [0.15, 0.2) is 0 Å². The number of amides is 1. The summed E-state index contributed by atoms with van der Waals surface area (Å²) in [6, 6.07) is 0. The molecule has 0 bridgehead atoms. The Morgan fingerprint density at radius 2 is 1.88 bits per heavy atom. The molecule has 2 rings (SSSR count). The van der Waals surface area contributed by atoms with Gasteiger partial charge in [0.1, 0.15) is 0 Å². The Kier molecular flexibility index (Phi) is 3.38. The van der Waals surface area contributed by atoms with Crippen LogP contribution in [-0.4, -0.2) is 33.1 Å². The molecule has 1 saturated heterocycles. The number of carboxylic acid groups (broad SMARTS) is 1. The Balaban J connectivity index is 2.06. The van der Waals surface area contributed by atoms with Crippen LogP contribution in [0.5, 0.6) is 0 Å². The Bertz CT molecular complexity index is 316. The largest absolute Gasteiger partial charge is 0.465 e. The van der Waals surface area contributed by atoms with Gasteiger partial charge in [-0.2, -0.15) is 0 Å². The fourth-order valence-corrected chi connectivity index (χ4v) is 6.69. The van der Waals surface area contributed by atoms with Gasteiger partial charge in [-0.3, -0.25) is 0 Å². The Morgan fingerprint density at radius 3 is 2.24 bits per heavy atom. The molecular weight excluding hydrogens is 329 g/mol. The molecule has 98 valence electrons. The zero-order valence-corrected chi connectivity index (χ0v) is 13.0. The maximum atomic E-state index is 10.9. The van der Waals surface area contributed by atoms with Crippen LogP contribution in [0.2, 0.25) is 0 Å². The lowest BCUT2D eigenvalue weighted by Gasteiger charge is -2.61. The summed E-state index contributed by atoms with van der Waals surface area (Å²) in [5.74, 6) is 0.742. The van der Waals surface area contributed by atoms with E-state index in [1.165, 1.54) is 6.42 Å². The quantitative estimate of drug-likeness (QED) is 0.535. The number of hydrogen-bond acceptors (Lipinski definition) is 1. The zero-order valence-electron chi connectivity index (χ0n) is 10.9. The van der Waals surface area contributed by atoms with Crippen LogP contribution in [0.25, 0.3) is 0 Å². The van der Waals surface area contributed by atoms with E-state index in [-0.39, 0.29) is 0 Å². The predicted molar refractivity (Wildman–Crippen MR) is 76.6 cm³/mol. The molecule has 1 heterocycles. The first-order valence-electron chi connectivity index (χ1n) is 6.38. The molecule has 1 aliphatic carbocycles. The normalized spacial score (nSPS) is 32.4. The molecule has 1 aliphatic heterocycles. The molecule has 3 nitrogen and oxygen atoms in total. The minimum absolute atomic E-state index is 0.343. The van der Waals surface area contributed by atoms with Crippen LogP contribution >= 0.6 is 22.6 Å². The highest BCUT2D eigenvalue weighted by Crippen LogP contribution is 2.62. The summed E-state index contributed by atoms with van der Waals surface area (Å²) < 4.78 is 0.768. The van der Waals surface area contributed by atoms with E-state index in [2.05, 4.69) is 43.4 Å². The van der Waals surface area contributed by atoms with Crippen molar-refractivity contribution in [2.24, 2.45) is 16.7 Å². The van der Waals surface area contributed by atoms with Crippen molar-refractivity contribution in [3.63, 3.8) is 0 Å². The molecule has 1 N–H and O–H groups in total. The summed E-state index contributed by atoms with van der Waals surface area (Å²) in [5, 5.41) is 9.00. The summed E-state index contributed by atoms with van der Waals surface area (Å²) >= 11 is 2.58. The molecule has 2 unspecified atom stereocenters. The van der Waals surface area contributed by atoms with Gasteiger partial charge >= 0.3 is 6.09 Å². The van der Waals surface area contributed by atoms with Crippen LogP contribution in [-0.2, 0) is 0 Å². The third kappa shape index (κ3) is 2.29. The van der Waals surface area contributed by atoms with E-state index in [4.69, 9.17) is 5.11 Å². The second kappa shape index (κ2) is 4.28. The van der Waals surface area contributed by atoms with Crippen molar-refractivity contribution in [1.82, 2.24) is 4.90 Å². The third-order valence-electron chi connectivity index (χ3n) is 4.59. The fourth-order valence-electron chi connectivity index (χ4n) is 3.98. The molecule has 0 aromatic carbocycles. The molecule has 2 aliphatic rings. The van der Waals surface area contributed by atoms with Crippen molar-refractivity contribution < 1.29 is 9.90 Å². The van der Waals surface area contributed by atoms with Crippen molar-refractivity contribution in [1.29, 1.82) is 0 Å². The molecule has 0 aromatic rings. The molecule has 1 saturated carbocycles. The van der Waals surface area contributed by atoms with E-state index >= 15 is 0 Å². The molecule has 0 aromatic heterocycles. The predicted octanol–water partition coefficient (Wildman–Crippen LogP) is 3.62. The first kappa shape index (κ1) is 13.4. The highest BCUT2D eigenvalue weighted by atomic mass is 127. The summed E-state index contributed by atoms with van der Waals surface area (Å²) in [5.41, 5.74) is 0.769. The summed E-state index contributed by atoms with van der Waals surface area (Å²) in [4.78, 5) is 12.5. The van der Waals surface area contributed by atoms with E-state index in [0.29, 0.717) is 10.8 Å². The molecule has 0 radical (unpaired) electrons. The second-order valence-corrected chi connectivity index (χ2v) is 8.30. The average molecular weight is 351 g/mol. The maximum Gasteiger partial charge on any atom is 0.407 e. The highest BCUT2D eigenvalue weighted by Gasteiger charge is 2.57. The van der Waals surface area contributed by atoms with Crippen LogP contribution in [0.15, 0.2) is 0 Å². The van der Waals surface area contributed by atoms with Gasteiger partial charge in [-0.05, 0) is 36.0 Å². The van der Waals surface area contributed by atoms with Crippen molar-refractivity contribution in [2.75, 3.05) is 13.1 Å². The van der Waals surface area contributed by atoms with Crippen molar-refractivity contribution >= 4 is 28.7 Å². The fraction of sp³-hybridized carbons (Fsp3) is 0.923. The van der Waals surface area contributed by atoms with Gasteiger partial charge < -0.3 is 10.0 Å². The van der Waals surface area contributed by atoms with Gasteiger partial charge in [-0.15, -0.1) is 0 Å². The zero-order chi connectivity index (χ0) is 12.8. The first-order chi connectivity index (χ1) is 7.76. The molecule has 2 atom stereocenters. The number of piperidine rings is 1. The van der Waals surface area contributed by atoms with Gasteiger partial charge in [0.05, 0.1) is 0 Å². The van der Waals surface area contributed by atoms with Gasteiger partial charge in [-0.25, -0.2) is 4.79 Å². The van der Waals surface area contributed by atoms with E-state index in [1.807, 2.05) is 0 Å². The topological polar surface area (TPSA) is 40.5 Å². The number of likely N-dealkylation sites (tertiary alicyclic amines) is 1. The van der Waals surface area contributed by atoms with Gasteiger partial charge in [0.2, 0.25) is 0 Å². The molecule has 1 amide bonds. The highest BCUT2D eigenvalue weighted by molar-refractivity contribution is 14.1. The Labute approximate surface area is 117 Å². The Hall–Kier alpha value is 0. The maximum absolute atomic E-state index is 10.9. The monoisotopic (exact) mass is 351 g/mol. The van der Waals surface area contributed by atoms with Gasteiger partial charge in [-0.1, -0.05) is 43.4 Å². The van der Waals surface area contributed by atoms with E-state index < -0.39 is 6.09 Å². The van der Waals surface area contributed by atoms with Gasteiger partial charge in [0, 0.05) is 17.0 Å². The van der Waals surface area contributed by atoms with Crippen LogP contribution in [0, 0.1) is 16.7 Å². The summed E-state index contributed by atoms with van der Waals surface area (Å²) in [6.45, 7) is 8.44. The standard InChI is InChI=1S/C13H22INO2/c1-12(2,3)10-9(14)8-13(10)4-6-15(7-5-13)11(16)17/h9-10H,4-8H2,1-3H3,(H,16,17). The molecular formula is C13H22INO2. The second-order valence-electron chi connectivity index (χ2n) is 6.70. The third-order valence-corrected chi connectivity index (χ3v) is 5.75. The number of rotatable bonds is 0. The van der Waals surface area contributed by atoms with Crippen LogP contribution in [0.4, 0.5) is 4.79 Å². The summed E-state index contributed by atoms with van der Waals surface area (Å²) in [7, 11) is 0. The van der Waals surface area contributed by atoms with Crippen LogP contribution < -0.4 is 0 Å². The Morgan fingerprint density at radius 1 is 1.35 bits per heavy atom. The van der Waals surface area contributed by atoms with Crippen molar-refractivity contribution in [2.45, 2.75) is 44.0 Å². The number of alkyl halides is 1. The number of hydrogen-bond donors (Lipinski definition) is 1. The smallest absolute Gasteiger partial charge is 0.407 e. The number of carbonyl (C=O) groups is 1. The lowest BCUT2D eigenvalue weighted by molar-refractivity contribution is -0.0714. The van der Waals surface area contributed by atoms with Crippen molar-refractivity contribution in [3.05, 3.63) is 0 Å². The van der Waals surface area contributed by atoms with E-state index in [1.54, 1.807) is 4.90 Å². The lowest BCUT2D eigenvalue weighted by atomic mass is 9.49. The number of halogens is 1. The molecule has 2 fully saturated rings. The minimum atomic E-state index is -0.752. The lowest BCUT2D eigenvalue weighted by Crippen LogP contribution is -2.59. The van der Waals surface area contributed by atoms with Crippen LogP contribution in [0.3, 0.4) is 0 Å². The molecule has 1 spiro atoms. The summed E-state index contributed by atoms with van der Waals surface area (Å²) in [6.07, 6.45) is 2.64. The number of nitrogens with zero attached hydrogens (tertiary/aromatic N) is 1. The average Bonchev–Trinajstić information content (AvgIpc) is 2.14. The molecule has 17 heavy (non-hydrogen) atoms. The van der Waals surface area contributed by atoms with Crippen LogP contribution in [0.1, 0.15) is 40.0 Å². The van der Waals surface area contributed by atoms with Gasteiger partial charge in [0.25, 0.3) is 0 Å². The van der Waals surface area contributed by atoms with Crippen molar-refractivity contribution in [3.8, 4) is 0 Å². The minimum Gasteiger partial charge on any atom is -0.465 e. The SMILES string of the molecule is CC(C)(C)C1C(I)CC12CCN(C(=O)O)CC2. The van der Waals surface area contributed by atoms with E-state index in [9.17, 15) is 4.79 Å². The van der Waals surface area contributed by atoms with E-state index in [0.717, 1.165) is 35.8 Å².